The van der Waals surface area contributed by atoms with Crippen molar-refractivity contribution in [3.05, 3.63) is 24.0 Å². The number of carbonyl (C=O) groups is 1. The van der Waals surface area contributed by atoms with Crippen molar-refractivity contribution < 1.29 is 9.53 Å². The Morgan fingerprint density at radius 1 is 1.09 bits per heavy atom. The van der Waals surface area contributed by atoms with Crippen LogP contribution in [0.4, 0.5) is 5.13 Å². The molecule has 2 aromatic heterocycles. The van der Waals surface area contributed by atoms with E-state index in [9.17, 15) is 4.79 Å². The zero-order chi connectivity index (χ0) is 15.6. The van der Waals surface area contributed by atoms with Crippen LogP contribution in [0.2, 0.25) is 0 Å². The van der Waals surface area contributed by atoms with Gasteiger partial charge in [0, 0.05) is 32.4 Å². The van der Waals surface area contributed by atoms with E-state index in [4.69, 9.17) is 4.74 Å². The van der Waals surface area contributed by atoms with Crippen molar-refractivity contribution in [2.45, 2.75) is 12.8 Å². The zero-order valence-electron chi connectivity index (χ0n) is 12.8. The number of rotatable bonds is 3. The maximum atomic E-state index is 12.7. The molecule has 0 radical (unpaired) electrons. The fourth-order valence-corrected chi connectivity index (χ4v) is 3.89. The molecule has 4 rings (SSSR count). The molecule has 0 unspecified atom stereocenters. The molecule has 4 heterocycles. The van der Waals surface area contributed by atoms with Crippen molar-refractivity contribution in [2.24, 2.45) is 0 Å². The van der Waals surface area contributed by atoms with Gasteiger partial charge in [0.2, 0.25) is 10.3 Å². The summed E-state index contributed by atoms with van der Waals surface area (Å²) in [5, 5.41) is 10.3. The second kappa shape index (κ2) is 6.29. The SMILES string of the molecule is O=C(c1cccn1-c1nnc(N2CCCC2)s1)N1CCOCC1. The summed E-state index contributed by atoms with van der Waals surface area (Å²) in [7, 11) is 0. The van der Waals surface area contributed by atoms with Crippen molar-refractivity contribution in [3.8, 4) is 5.13 Å². The summed E-state index contributed by atoms with van der Waals surface area (Å²) in [4.78, 5) is 16.8. The number of aromatic nitrogens is 3. The van der Waals surface area contributed by atoms with E-state index in [0.717, 1.165) is 23.4 Å². The summed E-state index contributed by atoms with van der Waals surface area (Å²) >= 11 is 1.54. The lowest BCUT2D eigenvalue weighted by Crippen LogP contribution is -2.41. The molecule has 0 aliphatic carbocycles. The van der Waals surface area contributed by atoms with Crippen LogP contribution in [0.15, 0.2) is 18.3 Å². The van der Waals surface area contributed by atoms with Crippen molar-refractivity contribution in [1.29, 1.82) is 0 Å². The van der Waals surface area contributed by atoms with Crippen LogP contribution in [0.5, 0.6) is 0 Å². The van der Waals surface area contributed by atoms with E-state index in [2.05, 4.69) is 15.1 Å². The van der Waals surface area contributed by atoms with Crippen LogP contribution in [0, 0.1) is 0 Å². The quantitative estimate of drug-likeness (QED) is 0.850. The number of hydrogen-bond donors (Lipinski definition) is 0. The minimum absolute atomic E-state index is 0.0243. The normalized spacial score (nSPS) is 18.6. The largest absolute Gasteiger partial charge is 0.378 e. The fourth-order valence-electron chi connectivity index (χ4n) is 2.99. The van der Waals surface area contributed by atoms with Crippen molar-refractivity contribution in [1.82, 2.24) is 19.7 Å². The Morgan fingerprint density at radius 2 is 1.83 bits per heavy atom. The lowest BCUT2D eigenvalue weighted by atomic mass is 10.3. The molecular formula is C15H19N5O2S. The topological polar surface area (TPSA) is 63.5 Å². The predicted molar refractivity (Wildman–Crippen MR) is 87.4 cm³/mol. The summed E-state index contributed by atoms with van der Waals surface area (Å²) in [6.07, 6.45) is 4.29. The Morgan fingerprint density at radius 3 is 2.61 bits per heavy atom. The molecule has 2 aromatic rings. The van der Waals surface area contributed by atoms with Gasteiger partial charge in [-0.3, -0.25) is 9.36 Å². The molecule has 122 valence electrons. The Balaban J connectivity index is 1.58. The number of nitrogens with zero attached hydrogens (tertiary/aromatic N) is 5. The van der Waals surface area contributed by atoms with Gasteiger partial charge in [0.1, 0.15) is 5.69 Å². The first-order valence-corrected chi connectivity index (χ1v) is 8.78. The van der Waals surface area contributed by atoms with Gasteiger partial charge in [-0.15, -0.1) is 10.2 Å². The second-order valence-corrected chi connectivity index (χ2v) is 6.66. The van der Waals surface area contributed by atoms with Gasteiger partial charge in [0.05, 0.1) is 13.2 Å². The third kappa shape index (κ3) is 2.84. The van der Waals surface area contributed by atoms with Crippen molar-refractivity contribution in [2.75, 3.05) is 44.3 Å². The Hall–Kier alpha value is -1.93. The number of anilines is 1. The van der Waals surface area contributed by atoms with Crippen LogP contribution in [0.25, 0.3) is 5.13 Å². The predicted octanol–water partition coefficient (Wildman–Crippen LogP) is 1.40. The van der Waals surface area contributed by atoms with Crippen molar-refractivity contribution in [3.63, 3.8) is 0 Å². The first-order chi connectivity index (χ1) is 11.3. The van der Waals surface area contributed by atoms with E-state index in [1.54, 1.807) is 0 Å². The van der Waals surface area contributed by atoms with Gasteiger partial charge in [-0.1, -0.05) is 11.3 Å². The zero-order valence-corrected chi connectivity index (χ0v) is 13.7. The summed E-state index contributed by atoms with van der Waals surface area (Å²) in [6.45, 7) is 4.56. The highest BCUT2D eigenvalue weighted by molar-refractivity contribution is 7.17. The van der Waals surface area contributed by atoms with E-state index in [1.807, 2.05) is 27.8 Å². The highest BCUT2D eigenvalue weighted by atomic mass is 32.1. The van der Waals surface area contributed by atoms with Gasteiger partial charge < -0.3 is 14.5 Å². The highest BCUT2D eigenvalue weighted by Crippen LogP contribution is 2.27. The average molecular weight is 333 g/mol. The molecule has 0 N–H and O–H groups in total. The Labute approximate surface area is 138 Å². The van der Waals surface area contributed by atoms with Crippen LogP contribution < -0.4 is 4.90 Å². The summed E-state index contributed by atoms with van der Waals surface area (Å²) in [6, 6.07) is 3.72. The smallest absolute Gasteiger partial charge is 0.271 e. The molecule has 2 aliphatic rings. The van der Waals surface area contributed by atoms with E-state index in [1.165, 1.54) is 24.2 Å². The fraction of sp³-hybridized carbons (Fsp3) is 0.533. The molecule has 8 heteroatoms. The van der Waals surface area contributed by atoms with Gasteiger partial charge in [-0.25, -0.2) is 0 Å². The lowest BCUT2D eigenvalue weighted by molar-refractivity contribution is 0.0297. The minimum Gasteiger partial charge on any atom is -0.378 e. The first-order valence-electron chi connectivity index (χ1n) is 7.96. The Bertz CT molecular complexity index is 686. The molecular weight excluding hydrogens is 314 g/mol. The van der Waals surface area contributed by atoms with Crippen LogP contribution in [-0.4, -0.2) is 65.0 Å². The first kappa shape index (κ1) is 14.6. The van der Waals surface area contributed by atoms with E-state index in [-0.39, 0.29) is 5.91 Å². The molecule has 0 spiro atoms. The van der Waals surface area contributed by atoms with E-state index < -0.39 is 0 Å². The summed E-state index contributed by atoms with van der Waals surface area (Å²) in [5.41, 5.74) is 0.635. The van der Waals surface area contributed by atoms with Gasteiger partial charge >= 0.3 is 0 Å². The van der Waals surface area contributed by atoms with Gasteiger partial charge in [0.25, 0.3) is 5.91 Å². The maximum Gasteiger partial charge on any atom is 0.271 e. The molecule has 2 saturated heterocycles. The van der Waals surface area contributed by atoms with E-state index in [0.29, 0.717) is 32.0 Å². The molecule has 2 fully saturated rings. The lowest BCUT2D eigenvalue weighted by Gasteiger charge is -2.26. The van der Waals surface area contributed by atoms with Crippen LogP contribution in [0.3, 0.4) is 0 Å². The number of hydrogen-bond acceptors (Lipinski definition) is 6. The number of amides is 1. The van der Waals surface area contributed by atoms with Crippen molar-refractivity contribution >= 4 is 22.4 Å². The second-order valence-electron chi connectivity index (χ2n) is 5.73. The summed E-state index contributed by atoms with van der Waals surface area (Å²) in [5.74, 6) is 0.0243. The highest BCUT2D eigenvalue weighted by Gasteiger charge is 2.23. The monoisotopic (exact) mass is 333 g/mol. The molecule has 0 atom stereocenters. The average Bonchev–Trinajstić information content (AvgIpc) is 3.34. The third-order valence-electron chi connectivity index (χ3n) is 4.25. The molecule has 0 bridgehead atoms. The summed E-state index contributed by atoms with van der Waals surface area (Å²) < 4.78 is 7.16. The molecule has 1 amide bonds. The van der Waals surface area contributed by atoms with Gasteiger partial charge in [-0.2, -0.15) is 0 Å². The molecule has 0 saturated carbocycles. The van der Waals surface area contributed by atoms with Crippen LogP contribution >= 0.6 is 11.3 Å². The number of carbonyl (C=O) groups excluding carboxylic acids is 1. The molecule has 23 heavy (non-hydrogen) atoms. The van der Waals surface area contributed by atoms with Crippen LogP contribution in [-0.2, 0) is 4.74 Å². The molecule has 2 aliphatic heterocycles. The number of morpholine rings is 1. The van der Waals surface area contributed by atoms with Crippen LogP contribution in [0.1, 0.15) is 23.3 Å². The number of ether oxygens (including phenoxy) is 1. The van der Waals surface area contributed by atoms with Gasteiger partial charge in [-0.05, 0) is 25.0 Å². The minimum atomic E-state index is 0.0243. The van der Waals surface area contributed by atoms with E-state index >= 15 is 0 Å². The van der Waals surface area contributed by atoms with Gasteiger partial charge in [0.15, 0.2) is 0 Å². The Kier molecular flexibility index (Phi) is 4.00. The third-order valence-corrected chi connectivity index (χ3v) is 5.24. The maximum absolute atomic E-state index is 12.7. The molecule has 0 aromatic carbocycles. The standard InChI is InChI=1S/C15H19N5O2S/c21-13(18-8-10-22-11-9-18)12-4-3-7-20(12)15-17-16-14(23-15)19-5-1-2-6-19/h3-4,7H,1-2,5-6,8-11H2. The molecule has 7 nitrogen and oxygen atoms in total.